The molecule has 0 atom stereocenters. The second-order valence-electron chi connectivity index (χ2n) is 5.45. The van der Waals surface area contributed by atoms with Crippen molar-refractivity contribution in [1.29, 1.82) is 0 Å². The second-order valence-corrected chi connectivity index (χ2v) is 5.45. The third kappa shape index (κ3) is 2.57. The third-order valence-corrected chi connectivity index (χ3v) is 3.49. The number of nitrogens with two attached hydrogens (primary N) is 2. The number of nitrogens with zero attached hydrogens (tertiary/aromatic N) is 3. The summed E-state index contributed by atoms with van der Waals surface area (Å²) in [5.41, 5.74) is 13.2. The number of carbonyl (C=O) groups is 1. The van der Waals surface area contributed by atoms with Gasteiger partial charge in [0.1, 0.15) is 22.8 Å². The van der Waals surface area contributed by atoms with Gasteiger partial charge in [-0.3, -0.25) is 4.79 Å². The van der Waals surface area contributed by atoms with E-state index in [1.165, 1.54) is 0 Å². The average molecular weight is 311 g/mol. The van der Waals surface area contributed by atoms with E-state index in [0.717, 1.165) is 5.56 Å². The molecular weight excluding hydrogens is 294 g/mol. The molecule has 0 aliphatic rings. The minimum Gasteiger partial charge on any atom is -0.383 e. The molecule has 0 bridgehead atoms. The Hall–Kier alpha value is -3.09. The Morgan fingerprint density at radius 3 is 2.57 bits per heavy atom. The maximum atomic E-state index is 11.8. The van der Waals surface area contributed by atoms with Crippen LogP contribution in [0.5, 0.6) is 0 Å². The van der Waals surface area contributed by atoms with E-state index in [1.807, 2.05) is 44.2 Å². The molecule has 0 aliphatic heterocycles. The molecule has 4 N–H and O–H groups in total. The first-order valence-corrected chi connectivity index (χ1v) is 7.19. The van der Waals surface area contributed by atoms with Crippen LogP contribution in [0, 0.1) is 0 Å². The van der Waals surface area contributed by atoms with Crippen molar-refractivity contribution in [3.63, 3.8) is 0 Å². The lowest BCUT2D eigenvalue weighted by molar-refractivity contribution is 0.100. The molecule has 23 heavy (non-hydrogen) atoms. The van der Waals surface area contributed by atoms with Crippen LogP contribution in [-0.2, 0) is 0 Å². The summed E-state index contributed by atoms with van der Waals surface area (Å²) in [6, 6.07) is 11.2. The topological polar surface area (TPSA) is 113 Å². The summed E-state index contributed by atoms with van der Waals surface area (Å²) in [6.07, 6.45) is 0. The van der Waals surface area contributed by atoms with E-state index in [1.54, 1.807) is 10.7 Å². The summed E-state index contributed by atoms with van der Waals surface area (Å²) >= 11 is 0. The predicted molar refractivity (Wildman–Crippen MR) is 86.5 cm³/mol. The minimum atomic E-state index is -0.645. The number of benzene rings is 1. The number of nitrogen functional groups attached to an aromatic ring is 1. The molecule has 0 aliphatic carbocycles. The van der Waals surface area contributed by atoms with E-state index < -0.39 is 5.91 Å². The van der Waals surface area contributed by atoms with Gasteiger partial charge in [-0.25, -0.2) is 4.68 Å². The van der Waals surface area contributed by atoms with Crippen molar-refractivity contribution in [2.45, 2.75) is 19.9 Å². The van der Waals surface area contributed by atoms with Gasteiger partial charge in [-0.2, -0.15) is 5.10 Å². The number of primary amides is 1. The Balaban J connectivity index is 2.11. The standard InChI is InChI=1S/C16H17N5O2/c1-9(2)21-15(17)13(16(18)22)14(19-21)11-8-12(23-20-11)10-6-4-3-5-7-10/h3-9H,17H2,1-2H3,(H2,18,22). The molecule has 7 heteroatoms. The summed E-state index contributed by atoms with van der Waals surface area (Å²) in [4.78, 5) is 11.8. The molecule has 2 heterocycles. The zero-order chi connectivity index (χ0) is 16.6. The molecule has 0 saturated carbocycles. The quantitative estimate of drug-likeness (QED) is 0.768. The zero-order valence-corrected chi connectivity index (χ0v) is 12.9. The molecular formula is C16H17N5O2. The lowest BCUT2D eigenvalue weighted by Gasteiger charge is -2.06. The number of aromatic nitrogens is 3. The smallest absolute Gasteiger partial charge is 0.254 e. The van der Waals surface area contributed by atoms with Gasteiger partial charge in [0.25, 0.3) is 5.91 Å². The fourth-order valence-corrected chi connectivity index (χ4v) is 2.39. The van der Waals surface area contributed by atoms with Gasteiger partial charge >= 0.3 is 0 Å². The molecule has 0 saturated heterocycles. The highest BCUT2D eigenvalue weighted by Crippen LogP contribution is 2.31. The van der Waals surface area contributed by atoms with E-state index in [9.17, 15) is 4.79 Å². The Morgan fingerprint density at radius 2 is 1.96 bits per heavy atom. The minimum absolute atomic E-state index is 0.0117. The van der Waals surface area contributed by atoms with Crippen molar-refractivity contribution < 1.29 is 9.32 Å². The van der Waals surface area contributed by atoms with Gasteiger partial charge in [-0.15, -0.1) is 0 Å². The van der Waals surface area contributed by atoms with Gasteiger partial charge in [-0.1, -0.05) is 35.5 Å². The summed E-state index contributed by atoms with van der Waals surface area (Å²) in [5.74, 6) is 0.161. The molecule has 0 radical (unpaired) electrons. The highest BCUT2D eigenvalue weighted by molar-refractivity contribution is 6.03. The predicted octanol–water partition coefficient (Wildman–Crippen LogP) is 2.47. The highest BCUT2D eigenvalue weighted by Gasteiger charge is 2.25. The van der Waals surface area contributed by atoms with Crippen LogP contribution < -0.4 is 11.5 Å². The Bertz CT molecular complexity index is 849. The largest absolute Gasteiger partial charge is 0.383 e. The van der Waals surface area contributed by atoms with Crippen molar-refractivity contribution in [2.24, 2.45) is 5.73 Å². The molecule has 118 valence electrons. The molecule has 0 spiro atoms. The van der Waals surface area contributed by atoms with E-state index in [2.05, 4.69) is 10.3 Å². The van der Waals surface area contributed by atoms with Crippen molar-refractivity contribution in [3.8, 4) is 22.7 Å². The first-order chi connectivity index (χ1) is 11.0. The van der Waals surface area contributed by atoms with Gasteiger partial charge in [0.2, 0.25) is 0 Å². The number of hydrogen-bond donors (Lipinski definition) is 2. The number of amides is 1. The van der Waals surface area contributed by atoms with Gasteiger partial charge < -0.3 is 16.0 Å². The number of carbonyl (C=O) groups excluding carboxylic acids is 1. The van der Waals surface area contributed by atoms with Crippen LogP contribution >= 0.6 is 0 Å². The third-order valence-electron chi connectivity index (χ3n) is 3.49. The maximum absolute atomic E-state index is 11.8. The molecule has 0 unspecified atom stereocenters. The lowest BCUT2D eigenvalue weighted by atomic mass is 10.1. The van der Waals surface area contributed by atoms with Crippen LogP contribution in [0.25, 0.3) is 22.7 Å². The van der Waals surface area contributed by atoms with Crippen LogP contribution in [0.4, 0.5) is 5.82 Å². The molecule has 3 aromatic rings. The van der Waals surface area contributed by atoms with Gasteiger partial charge in [0.05, 0.1) is 0 Å². The normalized spacial score (nSPS) is 11.1. The van der Waals surface area contributed by atoms with Crippen molar-refractivity contribution in [2.75, 3.05) is 5.73 Å². The average Bonchev–Trinajstić information content (AvgIpc) is 3.12. The fourth-order valence-electron chi connectivity index (χ4n) is 2.39. The lowest BCUT2D eigenvalue weighted by Crippen LogP contribution is -2.15. The number of rotatable bonds is 4. The van der Waals surface area contributed by atoms with Gasteiger partial charge in [-0.05, 0) is 13.8 Å². The van der Waals surface area contributed by atoms with Crippen LogP contribution in [0.2, 0.25) is 0 Å². The molecule has 2 aromatic heterocycles. The van der Waals surface area contributed by atoms with E-state index in [-0.39, 0.29) is 17.4 Å². The second kappa shape index (κ2) is 5.60. The van der Waals surface area contributed by atoms with Gasteiger partial charge in [0.15, 0.2) is 5.76 Å². The van der Waals surface area contributed by atoms with Gasteiger partial charge in [0, 0.05) is 17.7 Å². The molecule has 3 rings (SSSR count). The van der Waals surface area contributed by atoms with E-state index >= 15 is 0 Å². The number of hydrogen-bond acceptors (Lipinski definition) is 5. The summed E-state index contributed by atoms with van der Waals surface area (Å²) in [5, 5.41) is 8.38. The van der Waals surface area contributed by atoms with Crippen molar-refractivity contribution in [3.05, 3.63) is 42.0 Å². The summed E-state index contributed by atoms with van der Waals surface area (Å²) < 4.78 is 6.91. The van der Waals surface area contributed by atoms with Crippen LogP contribution in [0.1, 0.15) is 30.2 Å². The van der Waals surface area contributed by atoms with Crippen LogP contribution in [0.15, 0.2) is 40.9 Å². The Labute approximate surface area is 132 Å². The first kappa shape index (κ1) is 14.8. The number of anilines is 1. The maximum Gasteiger partial charge on any atom is 0.254 e. The van der Waals surface area contributed by atoms with Crippen LogP contribution in [0.3, 0.4) is 0 Å². The Morgan fingerprint density at radius 1 is 1.26 bits per heavy atom. The van der Waals surface area contributed by atoms with Crippen molar-refractivity contribution in [1.82, 2.24) is 14.9 Å². The first-order valence-electron chi connectivity index (χ1n) is 7.19. The molecule has 0 fully saturated rings. The fraction of sp³-hybridized carbons (Fsp3) is 0.188. The SMILES string of the molecule is CC(C)n1nc(-c2cc(-c3ccccc3)on2)c(C(N)=O)c1N. The molecule has 1 aromatic carbocycles. The molecule has 1 amide bonds. The van der Waals surface area contributed by atoms with Crippen molar-refractivity contribution >= 4 is 11.7 Å². The summed E-state index contributed by atoms with van der Waals surface area (Å²) in [6.45, 7) is 3.83. The Kier molecular flexibility index (Phi) is 3.61. The van der Waals surface area contributed by atoms with E-state index in [4.69, 9.17) is 16.0 Å². The van der Waals surface area contributed by atoms with E-state index in [0.29, 0.717) is 17.1 Å². The monoisotopic (exact) mass is 311 g/mol. The zero-order valence-electron chi connectivity index (χ0n) is 12.9. The summed E-state index contributed by atoms with van der Waals surface area (Å²) in [7, 11) is 0. The van der Waals surface area contributed by atoms with Crippen LogP contribution in [-0.4, -0.2) is 20.8 Å². The molecule has 7 nitrogen and oxygen atoms in total. The highest BCUT2D eigenvalue weighted by atomic mass is 16.5.